The Morgan fingerprint density at radius 1 is 1.18 bits per heavy atom. The van der Waals surface area contributed by atoms with Crippen LogP contribution in [0.2, 0.25) is 0 Å². The maximum Gasteiger partial charge on any atom is 0.265 e. The lowest BCUT2D eigenvalue weighted by Gasteiger charge is -2.48. The normalized spacial score (nSPS) is 21.4. The van der Waals surface area contributed by atoms with Crippen LogP contribution in [0.5, 0.6) is 0 Å². The summed E-state index contributed by atoms with van der Waals surface area (Å²) in [6.07, 6.45) is 0. The number of aryl methyl sites for hydroxylation is 2. The van der Waals surface area contributed by atoms with E-state index in [0.717, 1.165) is 54.8 Å². The molecule has 2 fully saturated rings. The number of carbonyl (C=O) groups is 1. The lowest BCUT2D eigenvalue weighted by Crippen LogP contribution is -2.64. The minimum Gasteiger partial charge on any atom is -0.335 e. The van der Waals surface area contributed by atoms with Crippen molar-refractivity contribution in [2.45, 2.75) is 39.8 Å². The van der Waals surface area contributed by atoms with Gasteiger partial charge in [-0.15, -0.1) is 11.3 Å². The molecule has 1 aromatic heterocycles. The van der Waals surface area contributed by atoms with Crippen molar-refractivity contribution in [1.82, 2.24) is 19.7 Å². The lowest BCUT2D eigenvalue weighted by molar-refractivity contribution is 0.00337. The van der Waals surface area contributed by atoms with Gasteiger partial charge in [-0.1, -0.05) is 0 Å². The molecule has 2 aliphatic heterocycles. The molecular weight excluding hydrogens is 296 g/mol. The first-order valence-electron chi connectivity index (χ1n) is 8.17. The van der Waals surface area contributed by atoms with E-state index >= 15 is 0 Å². The Morgan fingerprint density at radius 2 is 1.82 bits per heavy atom. The van der Waals surface area contributed by atoms with Crippen LogP contribution in [0.15, 0.2) is 0 Å². The maximum absolute atomic E-state index is 12.5. The van der Waals surface area contributed by atoms with Gasteiger partial charge >= 0.3 is 0 Å². The second kappa shape index (κ2) is 6.26. The van der Waals surface area contributed by atoms with Gasteiger partial charge in [0.2, 0.25) is 0 Å². The zero-order chi connectivity index (χ0) is 15.9. The van der Waals surface area contributed by atoms with E-state index in [1.54, 1.807) is 0 Å². The van der Waals surface area contributed by atoms with Crippen LogP contribution in [0.25, 0.3) is 0 Å². The van der Waals surface area contributed by atoms with Crippen molar-refractivity contribution < 1.29 is 4.79 Å². The van der Waals surface area contributed by atoms with Crippen LogP contribution in [0.4, 0.5) is 0 Å². The third-order valence-electron chi connectivity index (χ3n) is 4.84. The molecule has 0 spiro atoms. The van der Waals surface area contributed by atoms with Gasteiger partial charge < -0.3 is 4.90 Å². The Balaban J connectivity index is 1.50. The fourth-order valence-corrected chi connectivity index (χ4v) is 4.23. The van der Waals surface area contributed by atoms with Gasteiger partial charge in [0, 0.05) is 51.4 Å². The summed E-state index contributed by atoms with van der Waals surface area (Å²) >= 11 is 1.52. The van der Waals surface area contributed by atoms with E-state index in [2.05, 4.69) is 28.6 Å². The fraction of sp³-hybridized carbons (Fsp3) is 0.750. The van der Waals surface area contributed by atoms with Gasteiger partial charge in [0.05, 0.1) is 10.7 Å². The standard InChI is InChI=1S/C16H26N4OS/c1-11(2)18-5-7-19(8-6-18)14-9-20(10-14)16(21)15-12(3)17-13(4)22-15/h11,14H,5-10H2,1-4H3. The molecule has 0 aliphatic carbocycles. The molecule has 1 aromatic rings. The van der Waals surface area contributed by atoms with Crippen molar-refractivity contribution in [2.75, 3.05) is 39.3 Å². The largest absolute Gasteiger partial charge is 0.335 e. The summed E-state index contributed by atoms with van der Waals surface area (Å²) in [4.78, 5) is 24.7. The number of aromatic nitrogens is 1. The van der Waals surface area contributed by atoms with E-state index in [0.29, 0.717) is 12.1 Å². The molecule has 0 saturated carbocycles. The number of carbonyl (C=O) groups excluding carboxylic acids is 1. The van der Waals surface area contributed by atoms with Gasteiger partial charge in [0.15, 0.2) is 0 Å². The molecule has 0 bridgehead atoms. The Morgan fingerprint density at radius 3 is 2.32 bits per heavy atom. The Labute approximate surface area is 136 Å². The summed E-state index contributed by atoms with van der Waals surface area (Å²) in [6, 6.07) is 1.19. The van der Waals surface area contributed by atoms with Crippen LogP contribution in [0.3, 0.4) is 0 Å². The lowest BCUT2D eigenvalue weighted by atomic mass is 10.1. The van der Waals surface area contributed by atoms with E-state index in [1.807, 2.05) is 18.7 Å². The van der Waals surface area contributed by atoms with Gasteiger partial charge in [0.25, 0.3) is 5.91 Å². The number of nitrogens with zero attached hydrogens (tertiary/aromatic N) is 4. The topological polar surface area (TPSA) is 39.7 Å². The minimum atomic E-state index is 0.167. The van der Waals surface area contributed by atoms with Crippen molar-refractivity contribution in [3.8, 4) is 0 Å². The highest BCUT2D eigenvalue weighted by Gasteiger charge is 2.37. The predicted octanol–water partition coefficient (Wildman–Crippen LogP) is 1.61. The van der Waals surface area contributed by atoms with Crippen LogP contribution in [-0.2, 0) is 0 Å². The van der Waals surface area contributed by atoms with Gasteiger partial charge in [0.1, 0.15) is 4.88 Å². The number of likely N-dealkylation sites (tertiary alicyclic amines) is 1. The number of hydrogen-bond acceptors (Lipinski definition) is 5. The van der Waals surface area contributed by atoms with Gasteiger partial charge in [-0.3, -0.25) is 14.6 Å². The predicted molar refractivity (Wildman–Crippen MR) is 89.6 cm³/mol. The van der Waals surface area contributed by atoms with Gasteiger partial charge in [-0.2, -0.15) is 0 Å². The Hall–Kier alpha value is -0.980. The average Bonchev–Trinajstić information content (AvgIpc) is 2.76. The van der Waals surface area contributed by atoms with Crippen molar-refractivity contribution in [2.24, 2.45) is 0 Å². The number of hydrogen-bond donors (Lipinski definition) is 0. The second-order valence-electron chi connectivity index (χ2n) is 6.68. The summed E-state index contributed by atoms with van der Waals surface area (Å²) in [7, 11) is 0. The first-order valence-corrected chi connectivity index (χ1v) is 8.98. The molecular formula is C16H26N4OS. The van der Waals surface area contributed by atoms with Gasteiger partial charge in [-0.05, 0) is 27.7 Å². The summed E-state index contributed by atoms with van der Waals surface area (Å²) in [5, 5.41) is 0.975. The van der Waals surface area contributed by atoms with Crippen molar-refractivity contribution in [1.29, 1.82) is 0 Å². The SMILES string of the molecule is Cc1nc(C)c(C(=O)N2CC(N3CCN(C(C)C)CC3)C2)s1. The third kappa shape index (κ3) is 3.05. The molecule has 2 saturated heterocycles. The van der Waals surface area contributed by atoms with Gasteiger partial charge in [-0.25, -0.2) is 4.98 Å². The average molecular weight is 322 g/mol. The molecule has 0 N–H and O–H groups in total. The Bertz CT molecular complexity index is 542. The van der Waals surface area contributed by atoms with E-state index in [9.17, 15) is 4.79 Å². The molecule has 5 nitrogen and oxygen atoms in total. The highest BCUT2D eigenvalue weighted by Crippen LogP contribution is 2.24. The molecule has 0 unspecified atom stereocenters. The molecule has 1 amide bonds. The summed E-state index contributed by atoms with van der Waals surface area (Å²) in [5.74, 6) is 0.167. The van der Waals surface area contributed by atoms with Crippen LogP contribution < -0.4 is 0 Å². The highest BCUT2D eigenvalue weighted by molar-refractivity contribution is 7.13. The number of amides is 1. The van der Waals surface area contributed by atoms with E-state index < -0.39 is 0 Å². The second-order valence-corrected chi connectivity index (χ2v) is 7.88. The molecule has 0 atom stereocenters. The monoisotopic (exact) mass is 322 g/mol. The van der Waals surface area contributed by atoms with E-state index in [4.69, 9.17) is 0 Å². The summed E-state index contributed by atoms with van der Waals surface area (Å²) in [5.41, 5.74) is 0.876. The number of piperazine rings is 1. The molecule has 22 heavy (non-hydrogen) atoms. The Kier molecular flexibility index (Phi) is 4.52. The quantitative estimate of drug-likeness (QED) is 0.848. The summed E-state index contributed by atoms with van der Waals surface area (Å²) < 4.78 is 0. The third-order valence-corrected chi connectivity index (χ3v) is 5.90. The first kappa shape index (κ1) is 15.9. The fourth-order valence-electron chi connectivity index (χ4n) is 3.34. The summed E-state index contributed by atoms with van der Waals surface area (Å²) in [6.45, 7) is 14.7. The molecule has 0 radical (unpaired) electrons. The number of thiazole rings is 1. The van der Waals surface area contributed by atoms with Crippen LogP contribution in [0, 0.1) is 13.8 Å². The molecule has 3 rings (SSSR count). The molecule has 122 valence electrons. The molecule has 0 aromatic carbocycles. The van der Waals surface area contributed by atoms with Crippen LogP contribution in [0.1, 0.15) is 34.2 Å². The minimum absolute atomic E-state index is 0.167. The van der Waals surface area contributed by atoms with Crippen LogP contribution in [-0.4, -0.2) is 76.9 Å². The van der Waals surface area contributed by atoms with E-state index in [-0.39, 0.29) is 5.91 Å². The zero-order valence-corrected chi connectivity index (χ0v) is 14.8. The molecule has 3 heterocycles. The highest BCUT2D eigenvalue weighted by atomic mass is 32.1. The smallest absolute Gasteiger partial charge is 0.265 e. The molecule has 2 aliphatic rings. The van der Waals surface area contributed by atoms with Crippen molar-refractivity contribution in [3.05, 3.63) is 15.6 Å². The van der Waals surface area contributed by atoms with Crippen LogP contribution >= 0.6 is 11.3 Å². The maximum atomic E-state index is 12.5. The number of rotatable bonds is 3. The van der Waals surface area contributed by atoms with Crippen molar-refractivity contribution >= 4 is 17.2 Å². The molecule has 6 heteroatoms. The van der Waals surface area contributed by atoms with E-state index in [1.165, 1.54) is 11.3 Å². The van der Waals surface area contributed by atoms with Crippen molar-refractivity contribution in [3.63, 3.8) is 0 Å². The first-order chi connectivity index (χ1) is 10.5. The zero-order valence-electron chi connectivity index (χ0n) is 14.0.